The number of nitrogens with zero attached hydrogens (tertiary/aromatic N) is 2. The minimum atomic E-state index is -0.888. The zero-order valence-electron chi connectivity index (χ0n) is 14.1. The maximum Gasteiger partial charge on any atom is 0.306 e. The van der Waals surface area contributed by atoms with Gasteiger partial charge in [-0.25, -0.2) is 0 Å². The van der Waals surface area contributed by atoms with Crippen molar-refractivity contribution in [3.63, 3.8) is 0 Å². The highest BCUT2D eigenvalue weighted by molar-refractivity contribution is 5.99. The molecule has 1 aliphatic rings. The highest BCUT2D eigenvalue weighted by Gasteiger charge is 2.32. The molecule has 0 unspecified atom stereocenters. The quantitative estimate of drug-likeness (QED) is 0.613. The minimum absolute atomic E-state index is 0.0981. The van der Waals surface area contributed by atoms with Crippen molar-refractivity contribution in [2.75, 3.05) is 26.8 Å². The van der Waals surface area contributed by atoms with Crippen LogP contribution in [0.2, 0.25) is 0 Å². The Kier molecular flexibility index (Phi) is 5.79. The number of carboxylic acid groups (broad SMARTS) is 1. The van der Waals surface area contributed by atoms with Gasteiger partial charge in [-0.15, -0.1) is 0 Å². The number of ether oxygens (including phenoxy) is 2. The number of carbonyl (C=O) groups is 2. The molecule has 0 bridgehead atoms. The normalized spacial score (nSPS) is 14.9. The van der Waals surface area contributed by atoms with Crippen LogP contribution in [-0.4, -0.2) is 53.6 Å². The number of amides is 1. The lowest BCUT2D eigenvalue weighted by Crippen LogP contribution is -2.40. The fraction of sp³-hybridized carbons (Fsp3) is 0.500. The average molecular weight is 352 g/mol. The lowest BCUT2D eigenvalue weighted by atomic mass is 9.96. The molecule has 1 amide bonds. The molecule has 0 radical (unpaired) electrons. The summed E-state index contributed by atoms with van der Waals surface area (Å²) in [5, 5.41) is 20.4. The van der Waals surface area contributed by atoms with Crippen LogP contribution in [0.1, 0.15) is 30.1 Å². The Morgan fingerprint density at radius 1 is 1.32 bits per heavy atom. The second-order valence-corrected chi connectivity index (χ2v) is 5.62. The molecule has 1 saturated heterocycles. The predicted molar refractivity (Wildman–Crippen MR) is 87.1 cm³/mol. The Hall–Kier alpha value is -2.84. The molecular weight excluding hydrogens is 332 g/mol. The van der Waals surface area contributed by atoms with Gasteiger partial charge in [0.25, 0.3) is 11.6 Å². The van der Waals surface area contributed by atoms with Crippen LogP contribution < -0.4 is 9.47 Å². The van der Waals surface area contributed by atoms with Crippen molar-refractivity contribution < 1.29 is 29.1 Å². The molecule has 0 saturated carbocycles. The van der Waals surface area contributed by atoms with Gasteiger partial charge < -0.3 is 19.5 Å². The fourth-order valence-electron chi connectivity index (χ4n) is 2.80. The largest absolute Gasteiger partial charge is 0.493 e. The number of carboxylic acids is 1. The van der Waals surface area contributed by atoms with Crippen molar-refractivity contribution in [1.29, 1.82) is 0 Å². The second kappa shape index (κ2) is 7.82. The van der Waals surface area contributed by atoms with E-state index in [0.717, 1.165) is 0 Å². The zero-order valence-corrected chi connectivity index (χ0v) is 14.1. The Morgan fingerprint density at radius 3 is 2.44 bits per heavy atom. The van der Waals surface area contributed by atoms with E-state index in [2.05, 4.69) is 0 Å². The maximum atomic E-state index is 12.7. The topological polar surface area (TPSA) is 119 Å². The lowest BCUT2D eigenvalue weighted by molar-refractivity contribution is -0.385. The number of rotatable bonds is 6. The molecule has 1 aromatic rings. The molecule has 0 atom stereocenters. The number of nitro benzene ring substituents is 1. The minimum Gasteiger partial charge on any atom is -0.493 e. The standard InChI is InChI=1S/C16H20N2O7/c1-3-25-14-9-12(18(22)23)11(8-13(14)24-2)15(19)17-6-4-10(5-7-17)16(20)21/h8-10H,3-7H2,1-2H3,(H,20,21). The number of likely N-dealkylation sites (tertiary alicyclic amines) is 1. The molecule has 1 aromatic carbocycles. The van der Waals surface area contributed by atoms with Gasteiger partial charge in [-0.1, -0.05) is 0 Å². The number of hydrogen-bond acceptors (Lipinski definition) is 6. The number of nitro groups is 1. The number of carbonyl (C=O) groups excluding carboxylic acids is 1. The van der Waals surface area contributed by atoms with Crippen LogP contribution in [0, 0.1) is 16.0 Å². The highest BCUT2D eigenvalue weighted by atomic mass is 16.6. The van der Waals surface area contributed by atoms with E-state index in [1.165, 1.54) is 24.1 Å². The van der Waals surface area contributed by atoms with Crippen molar-refractivity contribution in [2.45, 2.75) is 19.8 Å². The third-order valence-corrected chi connectivity index (χ3v) is 4.14. The van der Waals surface area contributed by atoms with Crippen LogP contribution in [0.15, 0.2) is 12.1 Å². The summed E-state index contributed by atoms with van der Waals surface area (Å²) in [5.74, 6) is -1.47. The number of piperidine rings is 1. The van der Waals surface area contributed by atoms with Gasteiger partial charge in [0.2, 0.25) is 0 Å². The van der Waals surface area contributed by atoms with E-state index in [9.17, 15) is 19.7 Å². The van der Waals surface area contributed by atoms with Gasteiger partial charge in [-0.3, -0.25) is 19.7 Å². The molecule has 1 heterocycles. The Bertz CT molecular complexity index is 681. The van der Waals surface area contributed by atoms with E-state index in [1.54, 1.807) is 6.92 Å². The molecule has 9 heteroatoms. The molecule has 1 fully saturated rings. The molecule has 0 aromatic heterocycles. The van der Waals surface area contributed by atoms with Crippen molar-refractivity contribution in [3.8, 4) is 11.5 Å². The van der Waals surface area contributed by atoms with Gasteiger partial charge >= 0.3 is 5.97 Å². The Labute approximate surface area is 144 Å². The van der Waals surface area contributed by atoms with E-state index in [0.29, 0.717) is 19.4 Å². The van der Waals surface area contributed by atoms with Gasteiger partial charge in [0, 0.05) is 19.2 Å². The number of hydrogen-bond donors (Lipinski definition) is 1. The van der Waals surface area contributed by atoms with Crippen molar-refractivity contribution in [2.24, 2.45) is 5.92 Å². The molecule has 2 rings (SSSR count). The summed E-state index contributed by atoms with van der Waals surface area (Å²) in [4.78, 5) is 35.9. The smallest absolute Gasteiger partial charge is 0.306 e. The van der Waals surface area contributed by atoms with E-state index in [-0.39, 0.29) is 35.8 Å². The predicted octanol–water partition coefficient (Wildman–Crippen LogP) is 1.94. The van der Waals surface area contributed by atoms with Gasteiger partial charge in [0.15, 0.2) is 11.5 Å². The van der Waals surface area contributed by atoms with Crippen LogP contribution in [0.5, 0.6) is 11.5 Å². The number of methoxy groups -OCH3 is 1. The van der Waals surface area contributed by atoms with E-state index >= 15 is 0 Å². The van der Waals surface area contributed by atoms with Crippen molar-refractivity contribution >= 4 is 17.6 Å². The van der Waals surface area contributed by atoms with Gasteiger partial charge in [-0.05, 0) is 19.8 Å². The first-order chi connectivity index (χ1) is 11.9. The van der Waals surface area contributed by atoms with Gasteiger partial charge in [0.05, 0.1) is 30.6 Å². The molecule has 136 valence electrons. The highest BCUT2D eigenvalue weighted by Crippen LogP contribution is 2.35. The monoisotopic (exact) mass is 352 g/mol. The molecule has 25 heavy (non-hydrogen) atoms. The summed E-state index contributed by atoms with van der Waals surface area (Å²) in [6.45, 7) is 2.51. The first kappa shape index (κ1) is 18.5. The van der Waals surface area contributed by atoms with Gasteiger partial charge in [0.1, 0.15) is 5.56 Å². The molecule has 1 aliphatic heterocycles. The summed E-state index contributed by atoms with van der Waals surface area (Å²) in [6.07, 6.45) is 0.645. The van der Waals surface area contributed by atoms with Crippen LogP contribution in [0.25, 0.3) is 0 Å². The summed E-state index contributed by atoms with van der Waals surface area (Å²) in [6, 6.07) is 2.48. The molecule has 0 spiro atoms. The molecule has 9 nitrogen and oxygen atoms in total. The Balaban J connectivity index is 2.32. The molecule has 1 N–H and O–H groups in total. The van der Waals surface area contributed by atoms with Crippen LogP contribution in [0.3, 0.4) is 0 Å². The van der Waals surface area contributed by atoms with Crippen LogP contribution >= 0.6 is 0 Å². The molecule has 0 aliphatic carbocycles. The second-order valence-electron chi connectivity index (χ2n) is 5.62. The summed E-state index contributed by atoms with van der Waals surface area (Å²) in [5.41, 5.74) is -0.464. The van der Waals surface area contributed by atoms with Crippen LogP contribution in [0.4, 0.5) is 5.69 Å². The summed E-state index contributed by atoms with van der Waals surface area (Å²) < 4.78 is 10.5. The van der Waals surface area contributed by atoms with E-state index < -0.39 is 22.7 Å². The van der Waals surface area contributed by atoms with E-state index in [1.807, 2.05) is 0 Å². The summed E-state index contributed by atoms with van der Waals surface area (Å²) in [7, 11) is 1.39. The van der Waals surface area contributed by atoms with Gasteiger partial charge in [-0.2, -0.15) is 0 Å². The third-order valence-electron chi connectivity index (χ3n) is 4.14. The third kappa shape index (κ3) is 3.98. The molecular formula is C16H20N2O7. The van der Waals surface area contributed by atoms with Crippen LogP contribution in [-0.2, 0) is 4.79 Å². The SMILES string of the molecule is CCOc1cc([N+](=O)[O-])c(C(=O)N2CCC(C(=O)O)CC2)cc1OC. The summed E-state index contributed by atoms with van der Waals surface area (Å²) >= 11 is 0. The zero-order chi connectivity index (χ0) is 18.6. The first-order valence-corrected chi connectivity index (χ1v) is 7.90. The first-order valence-electron chi connectivity index (χ1n) is 7.90. The number of benzene rings is 1. The van der Waals surface area contributed by atoms with E-state index in [4.69, 9.17) is 14.6 Å². The fourth-order valence-corrected chi connectivity index (χ4v) is 2.80. The lowest BCUT2D eigenvalue weighted by Gasteiger charge is -2.30. The Morgan fingerprint density at radius 2 is 1.96 bits per heavy atom. The van der Waals surface area contributed by atoms with Crippen molar-refractivity contribution in [1.82, 2.24) is 4.90 Å². The average Bonchev–Trinajstić information content (AvgIpc) is 2.61. The van der Waals surface area contributed by atoms with Crippen molar-refractivity contribution in [3.05, 3.63) is 27.8 Å². The number of aliphatic carboxylic acids is 1. The maximum absolute atomic E-state index is 12.7.